The summed E-state index contributed by atoms with van der Waals surface area (Å²) < 4.78 is 20.2. The SMILES string of the molecule is CC(=O)c1cc(F)c(C)cc1Oc1ccccc1I. The van der Waals surface area contributed by atoms with E-state index in [9.17, 15) is 9.18 Å². The number of ketones is 1. The predicted octanol–water partition coefficient (Wildman–Crippen LogP) is 4.73. The van der Waals surface area contributed by atoms with E-state index in [4.69, 9.17) is 4.74 Å². The first-order valence-corrected chi connectivity index (χ1v) is 6.80. The van der Waals surface area contributed by atoms with E-state index in [-0.39, 0.29) is 11.3 Å². The van der Waals surface area contributed by atoms with Crippen LogP contribution in [0, 0.1) is 16.3 Å². The molecule has 0 bridgehead atoms. The van der Waals surface area contributed by atoms with E-state index in [0.717, 1.165) is 3.57 Å². The van der Waals surface area contributed by atoms with Gasteiger partial charge < -0.3 is 4.74 Å². The molecular weight excluding hydrogens is 358 g/mol. The van der Waals surface area contributed by atoms with Crippen molar-refractivity contribution in [1.29, 1.82) is 0 Å². The molecule has 0 amide bonds. The van der Waals surface area contributed by atoms with Gasteiger partial charge in [0.1, 0.15) is 17.3 Å². The summed E-state index contributed by atoms with van der Waals surface area (Å²) in [6, 6.07) is 10.2. The lowest BCUT2D eigenvalue weighted by atomic mass is 10.1. The highest BCUT2D eigenvalue weighted by Crippen LogP contribution is 2.31. The third kappa shape index (κ3) is 3.12. The largest absolute Gasteiger partial charge is 0.455 e. The van der Waals surface area contributed by atoms with Crippen LogP contribution in [0.3, 0.4) is 0 Å². The molecule has 2 rings (SSSR count). The zero-order valence-corrected chi connectivity index (χ0v) is 12.7. The van der Waals surface area contributed by atoms with Gasteiger partial charge in [0.05, 0.1) is 9.13 Å². The molecule has 4 heteroatoms. The van der Waals surface area contributed by atoms with Crippen LogP contribution in [0.1, 0.15) is 22.8 Å². The summed E-state index contributed by atoms with van der Waals surface area (Å²) in [5, 5.41) is 0. The van der Waals surface area contributed by atoms with Crippen molar-refractivity contribution in [2.75, 3.05) is 0 Å². The van der Waals surface area contributed by atoms with E-state index in [1.54, 1.807) is 13.0 Å². The topological polar surface area (TPSA) is 26.3 Å². The van der Waals surface area contributed by atoms with Gasteiger partial charge in [0.2, 0.25) is 0 Å². The molecule has 0 saturated heterocycles. The molecule has 0 aliphatic carbocycles. The Hall–Kier alpha value is -1.43. The Morgan fingerprint density at radius 2 is 1.89 bits per heavy atom. The van der Waals surface area contributed by atoms with Crippen LogP contribution in [-0.2, 0) is 0 Å². The fraction of sp³-hybridized carbons (Fsp3) is 0.133. The summed E-state index contributed by atoms with van der Waals surface area (Å²) in [7, 11) is 0. The number of carbonyl (C=O) groups excluding carboxylic acids is 1. The Morgan fingerprint density at radius 1 is 1.21 bits per heavy atom. The highest BCUT2D eigenvalue weighted by molar-refractivity contribution is 14.1. The Kier molecular flexibility index (Phi) is 4.19. The van der Waals surface area contributed by atoms with Crippen LogP contribution >= 0.6 is 22.6 Å². The molecule has 0 fully saturated rings. The van der Waals surface area contributed by atoms with Gasteiger partial charge in [-0.15, -0.1) is 0 Å². The molecule has 19 heavy (non-hydrogen) atoms. The Morgan fingerprint density at radius 3 is 2.53 bits per heavy atom. The molecule has 0 radical (unpaired) electrons. The maximum Gasteiger partial charge on any atom is 0.163 e. The van der Waals surface area contributed by atoms with Crippen molar-refractivity contribution in [3.63, 3.8) is 0 Å². The van der Waals surface area contributed by atoms with Gasteiger partial charge in [0, 0.05) is 0 Å². The van der Waals surface area contributed by atoms with Crippen LogP contribution in [0.2, 0.25) is 0 Å². The minimum absolute atomic E-state index is 0.222. The number of Topliss-reactive ketones (excluding diaryl/α,β-unsaturated/α-hetero) is 1. The van der Waals surface area contributed by atoms with Crippen molar-refractivity contribution >= 4 is 28.4 Å². The first-order chi connectivity index (χ1) is 8.99. The average Bonchev–Trinajstić information content (AvgIpc) is 2.36. The van der Waals surface area contributed by atoms with Gasteiger partial charge in [-0.2, -0.15) is 0 Å². The molecule has 0 atom stereocenters. The van der Waals surface area contributed by atoms with E-state index in [0.29, 0.717) is 17.1 Å². The fourth-order valence-electron chi connectivity index (χ4n) is 1.66. The van der Waals surface area contributed by atoms with Crippen LogP contribution in [0.5, 0.6) is 11.5 Å². The standard InChI is InChI=1S/C15H12FIO2/c1-9-7-15(11(10(2)18)8-12(9)16)19-14-6-4-3-5-13(14)17/h3-8H,1-2H3. The monoisotopic (exact) mass is 370 g/mol. The maximum absolute atomic E-state index is 13.5. The minimum Gasteiger partial charge on any atom is -0.455 e. The zero-order chi connectivity index (χ0) is 14.0. The van der Waals surface area contributed by atoms with Crippen molar-refractivity contribution in [1.82, 2.24) is 0 Å². The van der Waals surface area contributed by atoms with E-state index < -0.39 is 5.82 Å². The molecular formula is C15H12FIO2. The first-order valence-electron chi connectivity index (χ1n) is 5.72. The Bertz CT molecular complexity index is 638. The number of ether oxygens (including phenoxy) is 1. The van der Waals surface area contributed by atoms with Crippen molar-refractivity contribution in [2.45, 2.75) is 13.8 Å². The summed E-state index contributed by atoms with van der Waals surface area (Å²) in [5.41, 5.74) is 0.702. The third-order valence-electron chi connectivity index (χ3n) is 2.70. The van der Waals surface area contributed by atoms with Crippen LogP contribution < -0.4 is 4.74 Å². The van der Waals surface area contributed by atoms with Crippen LogP contribution in [-0.4, -0.2) is 5.78 Å². The zero-order valence-electron chi connectivity index (χ0n) is 10.5. The number of halogens is 2. The molecule has 0 aliphatic rings. The number of carbonyl (C=O) groups is 1. The second kappa shape index (κ2) is 5.69. The fourth-order valence-corrected chi connectivity index (χ4v) is 2.16. The van der Waals surface area contributed by atoms with E-state index in [1.807, 2.05) is 24.3 Å². The number of aryl methyl sites for hydroxylation is 1. The molecule has 0 saturated carbocycles. The van der Waals surface area contributed by atoms with Gasteiger partial charge in [-0.25, -0.2) is 4.39 Å². The van der Waals surface area contributed by atoms with E-state index >= 15 is 0 Å². The van der Waals surface area contributed by atoms with Crippen LogP contribution in [0.4, 0.5) is 4.39 Å². The second-order valence-electron chi connectivity index (χ2n) is 4.19. The predicted molar refractivity (Wildman–Crippen MR) is 80.4 cm³/mol. The summed E-state index contributed by atoms with van der Waals surface area (Å²) in [6.07, 6.45) is 0. The molecule has 0 heterocycles. The first kappa shape index (κ1) is 14.0. The average molecular weight is 370 g/mol. The van der Waals surface area contributed by atoms with Gasteiger partial charge >= 0.3 is 0 Å². The van der Waals surface area contributed by atoms with E-state index in [1.165, 1.54) is 13.0 Å². The minimum atomic E-state index is -0.402. The highest BCUT2D eigenvalue weighted by Gasteiger charge is 2.14. The number of rotatable bonds is 3. The smallest absolute Gasteiger partial charge is 0.163 e. The lowest BCUT2D eigenvalue weighted by Gasteiger charge is -2.12. The highest BCUT2D eigenvalue weighted by atomic mass is 127. The summed E-state index contributed by atoms with van der Waals surface area (Å²) in [5.74, 6) is 0.410. The number of benzene rings is 2. The molecule has 0 aromatic heterocycles. The van der Waals surface area contributed by atoms with Crippen LogP contribution in [0.15, 0.2) is 36.4 Å². The number of hydrogen-bond acceptors (Lipinski definition) is 2. The third-order valence-corrected chi connectivity index (χ3v) is 3.59. The Balaban J connectivity index is 2.48. The van der Waals surface area contributed by atoms with Gasteiger partial charge in [-0.1, -0.05) is 12.1 Å². The van der Waals surface area contributed by atoms with Gasteiger partial charge in [0.25, 0.3) is 0 Å². The molecule has 0 aliphatic heterocycles. The second-order valence-corrected chi connectivity index (χ2v) is 5.35. The van der Waals surface area contributed by atoms with Crippen molar-refractivity contribution in [3.05, 3.63) is 56.9 Å². The quantitative estimate of drug-likeness (QED) is 0.577. The molecule has 98 valence electrons. The molecule has 0 spiro atoms. The lowest BCUT2D eigenvalue weighted by Crippen LogP contribution is -2.00. The van der Waals surface area contributed by atoms with Gasteiger partial charge in [-0.3, -0.25) is 4.79 Å². The van der Waals surface area contributed by atoms with E-state index in [2.05, 4.69) is 22.6 Å². The maximum atomic E-state index is 13.5. The number of hydrogen-bond donors (Lipinski definition) is 0. The normalized spacial score (nSPS) is 10.3. The Labute approximate surface area is 124 Å². The van der Waals surface area contributed by atoms with Crippen LogP contribution in [0.25, 0.3) is 0 Å². The molecule has 2 aromatic carbocycles. The summed E-state index contributed by atoms with van der Waals surface area (Å²) in [6.45, 7) is 3.04. The lowest BCUT2D eigenvalue weighted by molar-refractivity contribution is 0.101. The molecule has 2 nitrogen and oxygen atoms in total. The van der Waals surface area contributed by atoms with Gasteiger partial charge in [-0.05, 0) is 66.3 Å². The van der Waals surface area contributed by atoms with Crippen molar-refractivity contribution < 1.29 is 13.9 Å². The molecule has 2 aromatic rings. The van der Waals surface area contributed by atoms with Crippen molar-refractivity contribution in [3.8, 4) is 11.5 Å². The number of para-hydroxylation sites is 1. The summed E-state index contributed by atoms with van der Waals surface area (Å²) >= 11 is 2.15. The van der Waals surface area contributed by atoms with Gasteiger partial charge in [0.15, 0.2) is 5.78 Å². The summed E-state index contributed by atoms with van der Waals surface area (Å²) in [4.78, 5) is 11.6. The molecule has 0 N–H and O–H groups in total. The molecule has 0 unspecified atom stereocenters. The van der Waals surface area contributed by atoms with Crippen molar-refractivity contribution in [2.24, 2.45) is 0 Å².